The second-order valence-electron chi connectivity index (χ2n) is 6.78. The zero-order valence-electron chi connectivity index (χ0n) is 16.7. The molecule has 0 unspecified atom stereocenters. The third-order valence-corrected chi connectivity index (χ3v) is 4.75. The van der Waals surface area contributed by atoms with Gasteiger partial charge in [-0.05, 0) is 23.1 Å². The van der Waals surface area contributed by atoms with Gasteiger partial charge in [-0.15, -0.1) is 24.0 Å². The van der Waals surface area contributed by atoms with Crippen LogP contribution in [0.25, 0.3) is 0 Å². The minimum absolute atomic E-state index is 0. The van der Waals surface area contributed by atoms with E-state index in [1.165, 1.54) is 16.7 Å². The Kier molecular flexibility index (Phi) is 9.72. The Labute approximate surface area is 184 Å². The molecule has 0 spiro atoms. The molecule has 1 aromatic carbocycles. The number of halogens is 1. The van der Waals surface area contributed by atoms with Crippen LogP contribution < -0.4 is 10.6 Å². The smallest absolute Gasteiger partial charge is 0.191 e. The first kappa shape index (κ1) is 22.6. The summed E-state index contributed by atoms with van der Waals surface area (Å²) in [6.07, 6.45) is 4.86. The number of morpholine rings is 1. The van der Waals surface area contributed by atoms with Gasteiger partial charge in [0, 0.05) is 53.0 Å². The first-order chi connectivity index (χ1) is 13.2. The average Bonchev–Trinajstić information content (AvgIpc) is 3.11. The Morgan fingerprint density at radius 1 is 1.18 bits per heavy atom. The van der Waals surface area contributed by atoms with Crippen molar-refractivity contribution in [2.24, 2.45) is 12.0 Å². The van der Waals surface area contributed by atoms with Crippen molar-refractivity contribution < 1.29 is 4.74 Å². The number of hydrogen-bond acceptors (Lipinski definition) is 4. The number of hydrogen-bond donors (Lipinski definition) is 2. The third-order valence-electron chi connectivity index (χ3n) is 4.75. The van der Waals surface area contributed by atoms with Crippen molar-refractivity contribution in [2.45, 2.75) is 19.5 Å². The van der Waals surface area contributed by atoms with E-state index in [9.17, 15) is 0 Å². The van der Waals surface area contributed by atoms with Crippen molar-refractivity contribution in [1.82, 2.24) is 25.3 Å². The van der Waals surface area contributed by atoms with E-state index in [4.69, 9.17) is 4.74 Å². The number of rotatable bonds is 7. The van der Waals surface area contributed by atoms with Gasteiger partial charge in [0.05, 0.1) is 19.4 Å². The Morgan fingerprint density at radius 3 is 2.61 bits per heavy atom. The lowest BCUT2D eigenvalue weighted by Crippen LogP contribution is -2.38. The normalized spacial score (nSPS) is 15.1. The molecule has 154 valence electrons. The highest BCUT2D eigenvalue weighted by Gasteiger charge is 2.12. The van der Waals surface area contributed by atoms with Crippen LogP contribution in [0.4, 0.5) is 0 Å². The molecule has 7 nitrogen and oxygen atoms in total. The number of ether oxygens (including phenoxy) is 1. The van der Waals surface area contributed by atoms with E-state index in [1.54, 1.807) is 7.05 Å². The fourth-order valence-corrected chi connectivity index (χ4v) is 3.21. The average molecular weight is 498 g/mol. The van der Waals surface area contributed by atoms with Crippen LogP contribution in [0, 0.1) is 0 Å². The SMILES string of the molecule is CN=C(NCCc1cnn(C)c1)NCc1ccccc1CN1CCOCC1.I. The molecule has 1 saturated heterocycles. The lowest BCUT2D eigenvalue weighted by atomic mass is 10.1. The summed E-state index contributed by atoms with van der Waals surface area (Å²) in [6.45, 7) is 6.20. The molecule has 2 heterocycles. The number of aromatic nitrogens is 2. The topological polar surface area (TPSA) is 66.7 Å². The van der Waals surface area contributed by atoms with E-state index in [-0.39, 0.29) is 24.0 Å². The predicted octanol–water partition coefficient (Wildman–Crippen LogP) is 1.78. The van der Waals surface area contributed by atoms with Crippen molar-refractivity contribution >= 4 is 29.9 Å². The molecule has 0 bridgehead atoms. The Balaban J connectivity index is 0.00000280. The minimum Gasteiger partial charge on any atom is -0.379 e. The van der Waals surface area contributed by atoms with Crippen LogP contribution in [-0.4, -0.2) is 60.5 Å². The summed E-state index contributed by atoms with van der Waals surface area (Å²) < 4.78 is 7.28. The Morgan fingerprint density at radius 2 is 1.93 bits per heavy atom. The zero-order chi connectivity index (χ0) is 18.9. The van der Waals surface area contributed by atoms with Crippen molar-refractivity contribution in [1.29, 1.82) is 0 Å². The Bertz CT molecular complexity index is 742. The molecule has 3 rings (SSSR count). The number of aryl methyl sites for hydroxylation is 1. The molecule has 1 aromatic heterocycles. The molecule has 2 aromatic rings. The molecule has 0 saturated carbocycles. The summed E-state index contributed by atoms with van der Waals surface area (Å²) >= 11 is 0. The van der Waals surface area contributed by atoms with Crippen LogP contribution in [0.15, 0.2) is 41.7 Å². The van der Waals surface area contributed by atoms with Crippen molar-refractivity contribution in [3.8, 4) is 0 Å². The van der Waals surface area contributed by atoms with Crippen molar-refractivity contribution in [3.05, 3.63) is 53.3 Å². The maximum Gasteiger partial charge on any atom is 0.191 e. The monoisotopic (exact) mass is 498 g/mol. The van der Waals surface area contributed by atoms with Crippen LogP contribution in [0.3, 0.4) is 0 Å². The molecule has 0 amide bonds. The number of benzene rings is 1. The molecule has 8 heteroatoms. The summed E-state index contributed by atoms with van der Waals surface area (Å²) in [5, 5.41) is 11.0. The summed E-state index contributed by atoms with van der Waals surface area (Å²) in [4.78, 5) is 6.78. The van der Waals surface area contributed by atoms with E-state index in [1.807, 2.05) is 24.1 Å². The lowest BCUT2D eigenvalue weighted by Gasteiger charge is -2.27. The summed E-state index contributed by atoms with van der Waals surface area (Å²) in [5.74, 6) is 0.820. The summed E-state index contributed by atoms with van der Waals surface area (Å²) in [7, 11) is 3.74. The van der Waals surface area contributed by atoms with Gasteiger partial charge in [-0.3, -0.25) is 14.6 Å². The highest BCUT2D eigenvalue weighted by molar-refractivity contribution is 14.0. The van der Waals surface area contributed by atoms with Gasteiger partial charge in [0.1, 0.15) is 0 Å². The largest absolute Gasteiger partial charge is 0.379 e. The molecule has 0 aliphatic carbocycles. The van der Waals surface area contributed by atoms with Crippen LogP contribution in [-0.2, 0) is 31.3 Å². The van der Waals surface area contributed by atoms with Crippen molar-refractivity contribution in [3.63, 3.8) is 0 Å². The standard InChI is InChI=1S/C20H30N6O.HI/c1-21-20(22-8-7-17-13-24-25(2)15-17)23-14-18-5-3-4-6-19(18)16-26-9-11-27-12-10-26;/h3-6,13,15H,7-12,14,16H2,1-2H3,(H2,21,22,23);1H. The molecule has 1 aliphatic rings. The van der Waals surface area contributed by atoms with Gasteiger partial charge < -0.3 is 15.4 Å². The minimum atomic E-state index is 0. The highest BCUT2D eigenvalue weighted by Crippen LogP contribution is 2.13. The molecule has 2 N–H and O–H groups in total. The first-order valence-electron chi connectivity index (χ1n) is 9.53. The molecule has 0 atom stereocenters. The van der Waals surface area contributed by atoms with Gasteiger partial charge in [-0.2, -0.15) is 5.10 Å². The van der Waals surface area contributed by atoms with E-state index in [0.717, 1.165) is 58.3 Å². The van der Waals surface area contributed by atoms with Crippen molar-refractivity contribution in [2.75, 3.05) is 39.9 Å². The van der Waals surface area contributed by atoms with Crippen LogP contribution in [0.2, 0.25) is 0 Å². The van der Waals surface area contributed by atoms with E-state index in [0.29, 0.717) is 0 Å². The van der Waals surface area contributed by atoms with Gasteiger partial charge in [-0.25, -0.2) is 0 Å². The van der Waals surface area contributed by atoms with Crippen LogP contribution >= 0.6 is 24.0 Å². The van der Waals surface area contributed by atoms with Gasteiger partial charge in [0.25, 0.3) is 0 Å². The molecule has 1 fully saturated rings. The first-order valence-corrected chi connectivity index (χ1v) is 9.53. The summed E-state index contributed by atoms with van der Waals surface area (Å²) in [6, 6.07) is 8.61. The number of nitrogens with one attached hydrogen (secondary N) is 2. The third kappa shape index (κ3) is 7.06. The quantitative estimate of drug-likeness (QED) is 0.346. The number of guanidine groups is 1. The Hall–Kier alpha value is -1.65. The fraction of sp³-hybridized carbons (Fsp3) is 0.500. The van der Waals surface area contributed by atoms with Crippen LogP contribution in [0.1, 0.15) is 16.7 Å². The molecule has 1 aliphatic heterocycles. The van der Waals surface area contributed by atoms with Gasteiger partial charge in [0.15, 0.2) is 5.96 Å². The molecular formula is C20H31IN6O. The van der Waals surface area contributed by atoms with Gasteiger partial charge in [0.2, 0.25) is 0 Å². The molecule has 0 radical (unpaired) electrons. The highest BCUT2D eigenvalue weighted by atomic mass is 127. The predicted molar refractivity (Wildman–Crippen MR) is 123 cm³/mol. The van der Waals surface area contributed by atoms with E-state index < -0.39 is 0 Å². The molecular weight excluding hydrogens is 467 g/mol. The van der Waals surface area contributed by atoms with Crippen LogP contribution in [0.5, 0.6) is 0 Å². The maximum atomic E-state index is 5.45. The van der Waals surface area contributed by atoms with Gasteiger partial charge >= 0.3 is 0 Å². The zero-order valence-corrected chi connectivity index (χ0v) is 19.1. The van der Waals surface area contributed by atoms with E-state index in [2.05, 4.69) is 49.9 Å². The lowest BCUT2D eigenvalue weighted by molar-refractivity contribution is 0.0341. The number of nitrogens with zero attached hydrogens (tertiary/aromatic N) is 4. The van der Waals surface area contributed by atoms with E-state index >= 15 is 0 Å². The molecule has 28 heavy (non-hydrogen) atoms. The number of aliphatic imine (C=N–C) groups is 1. The second-order valence-corrected chi connectivity index (χ2v) is 6.78. The summed E-state index contributed by atoms with van der Waals surface area (Å²) in [5.41, 5.74) is 3.88. The fourth-order valence-electron chi connectivity index (χ4n) is 3.21. The maximum absolute atomic E-state index is 5.45. The van der Waals surface area contributed by atoms with Gasteiger partial charge in [-0.1, -0.05) is 24.3 Å². The second kappa shape index (κ2) is 12.0.